The zero-order valence-corrected chi connectivity index (χ0v) is 11.0. The third kappa shape index (κ3) is 2.27. The highest BCUT2D eigenvalue weighted by Crippen LogP contribution is 2.13. The number of aryl methyl sites for hydroxylation is 2. The molecule has 0 atom stereocenters. The first-order valence-electron chi connectivity index (χ1n) is 6.20. The van der Waals surface area contributed by atoms with Gasteiger partial charge < -0.3 is 5.32 Å². The Morgan fingerprint density at radius 2 is 2.05 bits per heavy atom. The van der Waals surface area contributed by atoms with Gasteiger partial charge in [-0.3, -0.25) is 0 Å². The van der Waals surface area contributed by atoms with E-state index in [4.69, 9.17) is 0 Å². The summed E-state index contributed by atoms with van der Waals surface area (Å²) in [5, 5.41) is 7.57. The van der Waals surface area contributed by atoms with Gasteiger partial charge in [0.2, 0.25) is 0 Å². The van der Waals surface area contributed by atoms with Crippen LogP contribution < -0.4 is 5.32 Å². The topological polar surface area (TPSA) is 55.1 Å². The van der Waals surface area contributed by atoms with E-state index in [1.54, 1.807) is 4.52 Å². The summed E-state index contributed by atoms with van der Waals surface area (Å²) in [6, 6.07) is 10.3. The van der Waals surface area contributed by atoms with E-state index in [1.807, 2.05) is 25.1 Å². The van der Waals surface area contributed by atoms with Crippen LogP contribution in [0, 0.1) is 13.8 Å². The first-order valence-corrected chi connectivity index (χ1v) is 6.20. The first-order chi connectivity index (χ1) is 9.24. The predicted octanol–water partition coefficient (Wildman–Crippen LogP) is 2.35. The molecule has 3 rings (SSSR count). The zero-order valence-electron chi connectivity index (χ0n) is 11.0. The number of hydrogen-bond donors (Lipinski definition) is 1. The highest BCUT2D eigenvalue weighted by molar-refractivity contribution is 5.45. The van der Waals surface area contributed by atoms with Crippen molar-refractivity contribution in [3.63, 3.8) is 0 Å². The Morgan fingerprint density at radius 3 is 2.89 bits per heavy atom. The van der Waals surface area contributed by atoms with E-state index in [0.717, 1.165) is 18.1 Å². The number of fused-ring (bicyclic) bond motifs is 1. The molecule has 0 amide bonds. The minimum Gasteiger partial charge on any atom is -0.366 e. The van der Waals surface area contributed by atoms with Crippen molar-refractivity contribution in [3.05, 3.63) is 53.5 Å². The van der Waals surface area contributed by atoms with Crippen molar-refractivity contribution in [2.45, 2.75) is 20.4 Å². The lowest BCUT2D eigenvalue weighted by atomic mass is 10.1. The van der Waals surface area contributed by atoms with Crippen molar-refractivity contribution >= 4 is 11.6 Å². The van der Waals surface area contributed by atoms with E-state index >= 15 is 0 Å². The van der Waals surface area contributed by atoms with E-state index in [-0.39, 0.29) is 0 Å². The molecule has 0 bridgehead atoms. The van der Waals surface area contributed by atoms with E-state index in [1.165, 1.54) is 17.5 Å². The molecule has 19 heavy (non-hydrogen) atoms. The van der Waals surface area contributed by atoms with Crippen molar-refractivity contribution in [2.24, 2.45) is 0 Å². The quantitative estimate of drug-likeness (QED) is 0.778. The molecular weight excluding hydrogens is 238 g/mol. The van der Waals surface area contributed by atoms with Crippen molar-refractivity contribution in [3.8, 4) is 0 Å². The minimum absolute atomic E-state index is 0.618. The fourth-order valence-corrected chi connectivity index (χ4v) is 2.05. The maximum Gasteiger partial charge on any atom is 0.254 e. The second kappa shape index (κ2) is 4.68. The van der Waals surface area contributed by atoms with Crippen LogP contribution in [-0.4, -0.2) is 19.6 Å². The van der Waals surface area contributed by atoms with Gasteiger partial charge in [-0.1, -0.05) is 24.3 Å². The maximum atomic E-state index is 4.32. The van der Waals surface area contributed by atoms with Gasteiger partial charge in [0.1, 0.15) is 12.1 Å². The largest absolute Gasteiger partial charge is 0.366 e. The number of aromatic nitrogens is 4. The number of nitrogens with zero attached hydrogens (tertiary/aromatic N) is 4. The van der Waals surface area contributed by atoms with Crippen LogP contribution in [0.3, 0.4) is 0 Å². The summed E-state index contributed by atoms with van der Waals surface area (Å²) in [5.74, 6) is 1.52. The Hall–Kier alpha value is -2.43. The van der Waals surface area contributed by atoms with Crippen LogP contribution in [0.5, 0.6) is 0 Å². The first kappa shape index (κ1) is 11.6. The molecule has 2 heterocycles. The monoisotopic (exact) mass is 253 g/mol. The average molecular weight is 253 g/mol. The van der Waals surface area contributed by atoms with Crippen molar-refractivity contribution in [2.75, 3.05) is 5.32 Å². The molecule has 1 N–H and O–H groups in total. The van der Waals surface area contributed by atoms with Gasteiger partial charge in [-0.25, -0.2) is 4.98 Å². The van der Waals surface area contributed by atoms with E-state index < -0.39 is 0 Å². The summed E-state index contributed by atoms with van der Waals surface area (Å²) >= 11 is 0. The second-order valence-corrected chi connectivity index (χ2v) is 4.53. The minimum atomic E-state index is 0.618. The van der Waals surface area contributed by atoms with Crippen LogP contribution in [0.4, 0.5) is 5.82 Å². The number of rotatable bonds is 3. The zero-order chi connectivity index (χ0) is 13.2. The van der Waals surface area contributed by atoms with E-state index in [0.29, 0.717) is 5.78 Å². The molecule has 0 aliphatic rings. The van der Waals surface area contributed by atoms with Crippen molar-refractivity contribution in [1.29, 1.82) is 0 Å². The van der Waals surface area contributed by atoms with Gasteiger partial charge in [0, 0.05) is 18.3 Å². The second-order valence-electron chi connectivity index (χ2n) is 4.53. The van der Waals surface area contributed by atoms with Crippen LogP contribution in [-0.2, 0) is 6.54 Å². The highest BCUT2D eigenvalue weighted by atomic mass is 15.3. The predicted molar refractivity (Wildman–Crippen MR) is 74.0 cm³/mol. The molecule has 96 valence electrons. The smallest absolute Gasteiger partial charge is 0.254 e. The summed E-state index contributed by atoms with van der Waals surface area (Å²) in [6.07, 6.45) is 1.51. The Balaban J connectivity index is 1.90. The molecule has 3 aromatic rings. The van der Waals surface area contributed by atoms with Gasteiger partial charge in [0.25, 0.3) is 5.78 Å². The lowest BCUT2D eigenvalue weighted by Gasteiger charge is -2.10. The van der Waals surface area contributed by atoms with E-state index in [9.17, 15) is 0 Å². The average Bonchev–Trinajstić information content (AvgIpc) is 2.85. The van der Waals surface area contributed by atoms with Gasteiger partial charge in [-0.05, 0) is 25.0 Å². The molecule has 1 aromatic carbocycles. The normalized spacial score (nSPS) is 10.8. The summed E-state index contributed by atoms with van der Waals surface area (Å²) in [4.78, 5) is 8.43. The highest BCUT2D eigenvalue weighted by Gasteiger charge is 2.05. The Morgan fingerprint density at radius 1 is 1.21 bits per heavy atom. The molecule has 0 saturated carbocycles. The molecule has 0 aliphatic heterocycles. The SMILES string of the molecule is Cc1cc(NCc2ccccc2C)n2ncnc2n1. The summed E-state index contributed by atoms with van der Waals surface area (Å²) in [6.45, 7) is 4.82. The van der Waals surface area contributed by atoms with Crippen LogP contribution in [0.1, 0.15) is 16.8 Å². The molecule has 0 aliphatic carbocycles. The lowest BCUT2D eigenvalue weighted by Crippen LogP contribution is -2.07. The summed E-state index contributed by atoms with van der Waals surface area (Å²) in [7, 11) is 0. The fraction of sp³-hybridized carbons (Fsp3) is 0.214. The molecule has 0 saturated heterocycles. The Labute approximate surface area is 111 Å². The summed E-state index contributed by atoms with van der Waals surface area (Å²) in [5.41, 5.74) is 3.47. The third-order valence-corrected chi connectivity index (χ3v) is 3.10. The molecular formula is C14H15N5. The molecule has 0 fully saturated rings. The van der Waals surface area contributed by atoms with Crippen LogP contribution >= 0.6 is 0 Å². The molecule has 5 heteroatoms. The van der Waals surface area contributed by atoms with Gasteiger partial charge in [0.15, 0.2) is 0 Å². The number of benzene rings is 1. The number of anilines is 1. The fourth-order valence-electron chi connectivity index (χ4n) is 2.05. The molecule has 0 unspecified atom stereocenters. The van der Waals surface area contributed by atoms with Crippen LogP contribution in [0.15, 0.2) is 36.7 Å². The van der Waals surface area contributed by atoms with Crippen LogP contribution in [0.25, 0.3) is 5.78 Å². The molecule has 0 radical (unpaired) electrons. The standard InChI is InChI=1S/C14H15N5/c1-10-5-3-4-6-12(10)8-15-13-7-11(2)18-14-16-9-17-19(13)14/h3-7,9,15H,8H2,1-2H3. The number of nitrogens with one attached hydrogen (secondary N) is 1. The number of hydrogen-bond acceptors (Lipinski definition) is 4. The molecule has 5 nitrogen and oxygen atoms in total. The third-order valence-electron chi connectivity index (χ3n) is 3.10. The van der Waals surface area contributed by atoms with Gasteiger partial charge in [-0.2, -0.15) is 14.6 Å². The molecule has 2 aromatic heterocycles. The van der Waals surface area contributed by atoms with Gasteiger partial charge in [-0.15, -0.1) is 0 Å². The van der Waals surface area contributed by atoms with Crippen molar-refractivity contribution < 1.29 is 0 Å². The maximum absolute atomic E-state index is 4.32. The molecule has 0 spiro atoms. The van der Waals surface area contributed by atoms with Crippen LogP contribution in [0.2, 0.25) is 0 Å². The van der Waals surface area contributed by atoms with E-state index in [2.05, 4.69) is 39.4 Å². The summed E-state index contributed by atoms with van der Waals surface area (Å²) < 4.78 is 1.71. The van der Waals surface area contributed by atoms with Gasteiger partial charge in [0.05, 0.1) is 0 Å². The Bertz CT molecular complexity index is 717. The Kier molecular flexibility index (Phi) is 2.87. The van der Waals surface area contributed by atoms with Crippen molar-refractivity contribution in [1.82, 2.24) is 19.6 Å². The van der Waals surface area contributed by atoms with Gasteiger partial charge >= 0.3 is 0 Å². The lowest BCUT2D eigenvalue weighted by molar-refractivity contribution is 0.915.